The third kappa shape index (κ3) is 27.2. The van der Waals surface area contributed by atoms with Crippen LogP contribution in [0.25, 0.3) is 0 Å². The zero-order chi connectivity index (χ0) is 9.28. The van der Waals surface area contributed by atoms with Crippen LogP contribution in [0.4, 0.5) is 0 Å². The molecule has 4 heteroatoms. The van der Waals surface area contributed by atoms with Gasteiger partial charge in [0.25, 0.3) is 0 Å². The Kier molecular flexibility index (Phi) is 10.6. The van der Waals surface area contributed by atoms with E-state index in [9.17, 15) is 4.79 Å². The summed E-state index contributed by atoms with van der Waals surface area (Å²) in [5.74, 6) is -0.329. The molecule has 0 spiro atoms. The van der Waals surface area contributed by atoms with Gasteiger partial charge in [-0.15, -0.1) is 0 Å². The van der Waals surface area contributed by atoms with Crippen LogP contribution in [0.3, 0.4) is 0 Å². The first kappa shape index (κ1) is 12.8. The third-order valence-corrected chi connectivity index (χ3v) is 0.514. The van der Waals surface area contributed by atoms with Crippen LogP contribution in [0, 0.1) is 0 Å². The summed E-state index contributed by atoms with van der Waals surface area (Å²) in [5, 5.41) is 16.0. The average Bonchev–Trinajstić information content (AvgIpc) is 1.89. The van der Waals surface area contributed by atoms with Crippen LogP contribution in [0.2, 0.25) is 0 Å². The first-order valence-corrected chi connectivity index (χ1v) is 3.11. The lowest BCUT2D eigenvalue weighted by atomic mass is 10.5. The topological polar surface area (TPSA) is 66.8 Å². The Hall–Kier alpha value is -0.870. The molecule has 0 aliphatic heterocycles. The molecular weight excluding hydrogens is 148 g/mol. The number of carbonyl (C=O) groups excluding carboxylic acids is 1. The fraction of sp³-hybridized carbons (Fsp3) is 0.571. The number of carbonyl (C=O) groups is 1. The van der Waals surface area contributed by atoms with Crippen molar-refractivity contribution in [3.8, 4) is 0 Å². The van der Waals surface area contributed by atoms with Crippen molar-refractivity contribution in [2.45, 2.75) is 20.0 Å². The third-order valence-electron chi connectivity index (χ3n) is 0.514. The SMILES string of the molecule is C=COC(C)=O.CC(O)CO. The fourth-order valence-electron chi connectivity index (χ4n) is 0.117. The fourth-order valence-corrected chi connectivity index (χ4v) is 0.117. The molecular formula is C7H14O4. The minimum atomic E-state index is -0.560. The Morgan fingerprint density at radius 2 is 2.18 bits per heavy atom. The van der Waals surface area contributed by atoms with Gasteiger partial charge in [-0.25, -0.2) is 0 Å². The molecule has 1 unspecified atom stereocenters. The Morgan fingerprint density at radius 1 is 1.82 bits per heavy atom. The number of ether oxygens (including phenoxy) is 1. The maximum absolute atomic E-state index is 9.75. The van der Waals surface area contributed by atoms with E-state index in [0.29, 0.717) is 0 Å². The predicted octanol–water partition coefficient (Wildman–Crippen LogP) is 0.0525. The largest absolute Gasteiger partial charge is 0.435 e. The van der Waals surface area contributed by atoms with Gasteiger partial charge < -0.3 is 14.9 Å². The minimum absolute atomic E-state index is 0.139. The molecule has 2 N–H and O–H groups in total. The second-order valence-corrected chi connectivity index (χ2v) is 1.81. The molecule has 0 saturated carbocycles. The number of aliphatic hydroxyl groups is 2. The van der Waals surface area contributed by atoms with Crippen LogP contribution >= 0.6 is 0 Å². The number of hydrogen-bond acceptors (Lipinski definition) is 4. The van der Waals surface area contributed by atoms with Gasteiger partial charge in [-0.3, -0.25) is 4.79 Å². The van der Waals surface area contributed by atoms with E-state index in [-0.39, 0.29) is 12.6 Å². The van der Waals surface area contributed by atoms with Gasteiger partial charge in [-0.05, 0) is 6.92 Å². The van der Waals surface area contributed by atoms with Crippen LogP contribution in [-0.4, -0.2) is 28.9 Å². The normalized spacial score (nSPS) is 10.5. The highest BCUT2D eigenvalue weighted by atomic mass is 16.5. The molecule has 0 rings (SSSR count). The minimum Gasteiger partial charge on any atom is -0.435 e. The van der Waals surface area contributed by atoms with Gasteiger partial charge in [-0.2, -0.15) is 0 Å². The highest BCUT2D eigenvalue weighted by Gasteiger charge is 1.83. The van der Waals surface area contributed by atoms with Crippen molar-refractivity contribution >= 4 is 5.97 Å². The summed E-state index contributed by atoms with van der Waals surface area (Å²) in [4.78, 5) is 9.75. The van der Waals surface area contributed by atoms with Gasteiger partial charge >= 0.3 is 5.97 Å². The quantitative estimate of drug-likeness (QED) is 0.445. The van der Waals surface area contributed by atoms with Gasteiger partial charge in [0.1, 0.15) is 0 Å². The molecule has 0 amide bonds. The van der Waals surface area contributed by atoms with Crippen molar-refractivity contribution in [2.75, 3.05) is 6.61 Å². The molecule has 0 heterocycles. The summed E-state index contributed by atoms with van der Waals surface area (Å²) in [5.41, 5.74) is 0. The van der Waals surface area contributed by atoms with Crippen LogP contribution < -0.4 is 0 Å². The average molecular weight is 162 g/mol. The van der Waals surface area contributed by atoms with Crippen molar-refractivity contribution < 1.29 is 19.7 Å². The smallest absolute Gasteiger partial charge is 0.307 e. The summed E-state index contributed by atoms with van der Waals surface area (Å²) in [6.45, 7) is 5.87. The molecule has 0 aromatic rings. The van der Waals surface area contributed by atoms with Crippen molar-refractivity contribution in [3.63, 3.8) is 0 Å². The predicted molar refractivity (Wildman–Crippen MR) is 40.7 cm³/mol. The molecule has 0 aromatic heterocycles. The van der Waals surface area contributed by atoms with Crippen LogP contribution in [0.15, 0.2) is 12.8 Å². The molecule has 0 aliphatic carbocycles. The van der Waals surface area contributed by atoms with Gasteiger partial charge in [0.2, 0.25) is 0 Å². The first-order valence-electron chi connectivity index (χ1n) is 3.11. The van der Waals surface area contributed by atoms with Crippen LogP contribution in [0.1, 0.15) is 13.8 Å². The van der Waals surface area contributed by atoms with Gasteiger partial charge in [0, 0.05) is 6.92 Å². The lowest BCUT2D eigenvalue weighted by Crippen LogP contribution is -2.03. The van der Waals surface area contributed by atoms with E-state index in [1.54, 1.807) is 0 Å². The lowest BCUT2D eigenvalue weighted by Gasteiger charge is -1.90. The maximum atomic E-state index is 9.75. The zero-order valence-corrected chi connectivity index (χ0v) is 6.78. The summed E-state index contributed by atoms with van der Waals surface area (Å²) < 4.78 is 4.17. The van der Waals surface area contributed by atoms with E-state index in [0.717, 1.165) is 6.26 Å². The highest BCUT2D eigenvalue weighted by molar-refractivity contribution is 5.66. The Balaban J connectivity index is 0. The van der Waals surface area contributed by atoms with Gasteiger partial charge in [0.15, 0.2) is 0 Å². The van der Waals surface area contributed by atoms with E-state index in [1.165, 1.54) is 13.8 Å². The van der Waals surface area contributed by atoms with Crippen LogP contribution in [0.5, 0.6) is 0 Å². The molecule has 1 atom stereocenters. The Morgan fingerprint density at radius 3 is 2.18 bits per heavy atom. The maximum Gasteiger partial charge on any atom is 0.307 e. The van der Waals surface area contributed by atoms with Crippen molar-refractivity contribution in [3.05, 3.63) is 12.8 Å². The van der Waals surface area contributed by atoms with E-state index in [1.807, 2.05) is 0 Å². The summed E-state index contributed by atoms with van der Waals surface area (Å²) in [6.07, 6.45) is 0.539. The molecule has 0 saturated heterocycles. The second-order valence-electron chi connectivity index (χ2n) is 1.81. The molecule has 0 fully saturated rings. The Bertz CT molecular complexity index is 109. The summed E-state index contributed by atoms with van der Waals surface area (Å²) in [6, 6.07) is 0. The summed E-state index contributed by atoms with van der Waals surface area (Å²) >= 11 is 0. The molecule has 4 nitrogen and oxygen atoms in total. The molecule has 0 aliphatic rings. The monoisotopic (exact) mass is 162 g/mol. The van der Waals surface area contributed by atoms with E-state index >= 15 is 0 Å². The lowest BCUT2D eigenvalue weighted by molar-refractivity contribution is -0.135. The van der Waals surface area contributed by atoms with Gasteiger partial charge in [0.05, 0.1) is 19.0 Å². The molecule has 66 valence electrons. The van der Waals surface area contributed by atoms with Crippen molar-refractivity contribution in [1.29, 1.82) is 0 Å². The molecule has 0 aromatic carbocycles. The molecule has 0 bridgehead atoms. The van der Waals surface area contributed by atoms with E-state index < -0.39 is 6.10 Å². The van der Waals surface area contributed by atoms with E-state index in [4.69, 9.17) is 10.2 Å². The first-order chi connectivity index (χ1) is 5.04. The highest BCUT2D eigenvalue weighted by Crippen LogP contribution is 1.70. The second kappa shape index (κ2) is 9.13. The van der Waals surface area contributed by atoms with Gasteiger partial charge in [-0.1, -0.05) is 6.58 Å². The Labute approximate surface area is 66.1 Å². The number of aliphatic hydroxyl groups excluding tert-OH is 2. The van der Waals surface area contributed by atoms with Crippen LogP contribution in [-0.2, 0) is 9.53 Å². The number of rotatable bonds is 2. The van der Waals surface area contributed by atoms with Crippen molar-refractivity contribution in [1.82, 2.24) is 0 Å². The summed E-state index contributed by atoms with van der Waals surface area (Å²) in [7, 11) is 0. The standard InChI is InChI=1S/C4H6O2.C3H8O2/c1-3-6-4(2)5;1-3(5)2-4/h3H,1H2,2H3;3-5H,2H2,1H3. The molecule has 11 heavy (non-hydrogen) atoms. The molecule has 0 radical (unpaired) electrons. The number of esters is 1. The van der Waals surface area contributed by atoms with E-state index in [2.05, 4.69) is 11.3 Å². The number of hydrogen-bond donors (Lipinski definition) is 2. The zero-order valence-electron chi connectivity index (χ0n) is 6.78. The van der Waals surface area contributed by atoms with Crippen molar-refractivity contribution in [2.24, 2.45) is 0 Å².